The summed E-state index contributed by atoms with van der Waals surface area (Å²) in [4.78, 5) is 11.7. The van der Waals surface area contributed by atoms with Crippen LogP contribution in [0.4, 0.5) is 10.5 Å². The van der Waals surface area contributed by atoms with Crippen LogP contribution in [0.3, 0.4) is 0 Å². The van der Waals surface area contributed by atoms with Crippen LogP contribution >= 0.6 is 11.6 Å². The first-order chi connectivity index (χ1) is 9.70. The van der Waals surface area contributed by atoms with Gasteiger partial charge in [0.1, 0.15) is 6.61 Å². The monoisotopic (exact) mass is 291 g/mol. The summed E-state index contributed by atoms with van der Waals surface area (Å²) in [5.41, 5.74) is 1.86. The van der Waals surface area contributed by atoms with E-state index in [4.69, 9.17) is 21.4 Å². The second kappa shape index (κ2) is 6.93. The fourth-order valence-corrected chi connectivity index (χ4v) is 1.90. The van der Waals surface area contributed by atoms with Crippen LogP contribution in [0.15, 0.2) is 48.5 Å². The average molecular weight is 292 g/mol. The van der Waals surface area contributed by atoms with Crippen LogP contribution in [-0.2, 0) is 18.0 Å². The third kappa shape index (κ3) is 3.73. The molecule has 0 aliphatic rings. The lowest BCUT2D eigenvalue weighted by Gasteiger charge is -2.10. The van der Waals surface area contributed by atoms with Gasteiger partial charge in [0.2, 0.25) is 0 Å². The molecule has 104 valence electrons. The van der Waals surface area contributed by atoms with Crippen LogP contribution in [0.25, 0.3) is 0 Å². The highest BCUT2D eigenvalue weighted by molar-refractivity contribution is 6.34. The number of benzene rings is 2. The largest absolute Gasteiger partial charge is 0.444 e. The Balaban J connectivity index is 1.95. The Labute approximate surface area is 122 Å². The molecule has 20 heavy (non-hydrogen) atoms. The molecule has 0 saturated carbocycles. The van der Waals surface area contributed by atoms with Gasteiger partial charge in [-0.25, -0.2) is 4.79 Å². The van der Waals surface area contributed by atoms with Crippen molar-refractivity contribution in [3.05, 3.63) is 64.7 Å². The van der Waals surface area contributed by atoms with Crippen molar-refractivity contribution >= 4 is 23.4 Å². The quantitative estimate of drug-likeness (QED) is 0.905. The summed E-state index contributed by atoms with van der Waals surface area (Å²) in [6.45, 7) is -0.00258. The van der Waals surface area contributed by atoms with Crippen molar-refractivity contribution in [2.45, 2.75) is 13.2 Å². The van der Waals surface area contributed by atoms with Gasteiger partial charge in [-0.3, -0.25) is 5.32 Å². The lowest BCUT2D eigenvalue weighted by atomic mass is 10.2. The molecule has 0 fully saturated rings. The molecular weight excluding hydrogens is 278 g/mol. The van der Waals surface area contributed by atoms with E-state index in [-0.39, 0.29) is 13.2 Å². The predicted molar refractivity (Wildman–Crippen MR) is 77.6 cm³/mol. The Morgan fingerprint density at radius 1 is 1.15 bits per heavy atom. The fourth-order valence-electron chi connectivity index (χ4n) is 1.67. The number of rotatable bonds is 4. The molecule has 2 rings (SSSR count). The zero-order valence-corrected chi connectivity index (χ0v) is 11.4. The third-order valence-electron chi connectivity index (χ3n) is 2.70. The number of carbonyl (C=O) groups excluding carboxylic acids is 1. The van der Waals surface area contributed by atoms with Crippen molar-refractivity contribution in [2.24, 2.45) is 0 Å². The molecule has 0 saturated heterocycles. The van der Waals surface area contributed by atoms with Crippen LogP contribution in [-0.4, -0.2) is 11.2 Å². The van der Waals surface area contributed by atoms with E-state index in [0.29, 0.717) is 16.3 Å². The third-order valence-corrected chi connectivity index (χ3v) is 3.14. The Hall–Kier alpha value is -2.04. The van der Waals surface area contributed by atoms with Gasteiger partial charge in [-0.05, 0) is 17.2 Å². The number of amides is 1. The van der Waals surface area contributed by atoms with Crippen molar-refractivity contribution in [2.75, 3.05) is 5.32 Å². The van der Waals surface area contributed by atoms with Crippen molar-refractivity contribution in [1.29, 1.82) is 0 Å². The number of carbonyl (C=O) groups is 1. The van der Waals surface area contributed by atoms with E-state index in [0.717, 1.165) is 5.56 Å². The molecule has 0 atom stereocenters. The van der Waals surface area contributed by atoms with E-state index < -0.39 is 6.09 Å². The van der Waals surface area contributed by atoms with Crippen LogP contribution in [0, 0.1) is 0 Å². The van der Waals surface area contributed by atoms with Crippen molar-refractivity contribution < 1.29 is 14.6 Å². The minimum absolute atomic E-state index is 0.185. The maximum atomic E-state index is 11.7. The summed E-state index contributed by atoms with van der Waals surface area (Å²) in [6.07, 6.45) is -0.592. The minimum atomic E-state index is -0.592. The van der Waals surface area contributed by atoms with Gasteiger partial charge in [0.25, 0.3) is 0 Å². The fraction of sp³-hybridized carbons (Fsp3) is 0.133. The summed E-state index contributed by atoms with van der Waals surface area (Å²) < 4.78 is 5.09. The van der Waals surface area contributed by atoms with Gasteiger partial charge in [0.05, 0.1) is 17.3 Å². The second-order valence-corrected chi connectivity index (χ2v) is 4.50. The Morgan fingerprint density at radius 3 is 2.60 bits per heavy atom. The normalized spacial score (nSPS) is 10.1. The Bertz CT molecular complexity index is 587. The van der Waals surface area contributed by atoms with Crippen LogP contribution < -0.4 is 5.32 Å². The first-order valence-electron chi connectivity index (χ1n) is 6.06. The molecule has 1 amide bonds. The number of aliphatic hydroxyl groups excluding tert-OH is 1. The summed E-state index contributed by atoms with van der Waals surface area (Å²) in [6, 6.07) is 14.4. The molecule has 2 aromatic rings. The molecule has 0 aliphatic heterocycles. The smallest absolute Gasteiger partial charge is 0.412 e. The van der Waals surface area contributed by atoms with E-state index in [1.54, 1.807) is 18.2 Å². The van der Waals surface area contributed by atoms with E-state index in [1.165, 1.54) is 0 Å². The SMILES string of the molecule is O=C(Nc1cccc(CO)c1Cl)OCc1ccccc1. The van der Waals surface area contributed by atoms with Gasteiger partial charge in [-0.1, -0.05) is 54.1 Å². The van der Waals surface area contributed by atoms with Crippen molar-refractivity contribution in [3.63, 3.8) is 0 Å². The molecule has 0 bridgehead atoms. The lowest BCUT2D eigenvalue weighted by Crippen LogP contribution is -2.14. The highest BCUT2D eigenvalue weighted by Gasteiger charge is 2.09. The maximum absolute atomic E-state index is 11.7. The van der Waals surface area contributed by atoms with Gasteiger partial charge < -0.3 is 9.84 Å². The molecule has 0 aliphatic carbocycles. The number of ether oxygens (including phenoxy) is 1. The van der Waals surface area contributed by atoms with E-state index >= 15 is 0 Å². The van der Waals surface area contributed by atoms with Gasteiger partial charge in [-0.15, -0.1) is 0 Å². The van der Waals surface area contributed by atoms with Gasteiger partial charge >= 0.3 is 6.09 Å². The highest BCUT2D eigenvalue weighted by Crippen LogP contribution is 2.26. The van der Waals surface area contributed by atoms with Gasteiger partial charge in [-0.2, -0.15) is 0 Å². The number of anilines is 1. The average Bonchev–Trinajstić information content (AvgIpc) is 2.48. The summed E-state index contributed by atoms with van der Waals surface area (Å²) >= 11 is 6.04. The molecule has 0 radical (unpaired) electrons. The molecule has 0 unspecified atom stereocenters. The number of aliphatic hydroxyl groups is 1. The summed E-state index contributed by atoms with van der Waals surface area (Å²) in [7, 11) is 0. The molecule has 4 nitrogen and oxygen atoms in total. The van der Waals surface area contributed by atoms with E-state index in [2.05, 4.69) is 5.32 Å². The Kier molecular flexibility index (Phi) is 4.98. The maximum Gasteiger partial charge on any atom is 0.412 e. The zero-order chi connectivity index (χ0) is 14.4. The molecule has 2 N–H and O–H groups in total. The van der Waals surface area contributed by atoms with Gasteiger partial charge in [0, 0.05) is 0 Å². The van der Waals surface area contributed by atoms with Crippen LogP contribution in [0.2, 0.25) is 5.02 Å². The number of nitrogens with one attached hydrogen (secondary N) is 1. The summed E-state index contributed by atoms with van der Waals surface area (Å²) in [5.74, 6) is 0. The van der Waals surface area contributed by atoms with E-state index in [9.17, 15) is 4.79 Å². The predicted octanol–water partition coefficient (Wildman–Crippen LogP) is 3.58. The van der Waals surface area contributed by atoms with Crippen molar-refractivity contribution in [1.82, 2.24) is 0 Å². The number of halogens is 1. The lowest BCUT2D eigenvalue weighted by molar-refractivity contribution is 0.155. The van der Waals surface area contributed by atoms with Crippen LogP contribution in [0.1, 0.15) is 11.1 Å². The zero-order valence-electron chi connectivity index (χ0n) is 10.7. The number of hydrogen-bond donors (Lipinski definition) is 2. The first kappa shape index (κ1) is 14.4. The molecular formula is C15H14ClNO3. The van der Waals surface area contributed by atoms with E-state index in [1.807, 2.05) is 30.3 Å². The first-order valence-corrected chi connectivity index (χ1v) is 6.44. The molecule has 0 heterocycles. The van der Waals surface area contributed by atoms with Gasteiger partial charge in [0.15, 0.2) is 0 Å². The summed E-state index contributed by atoms with van der Waals surface area (Å²) in [5, 5.41) is 12.0. The molecule has 0 aromatic heterocycles. The number of hydrogen-bond acceptors (Lipinski definition) is 3. The molecule has 0 spiro atoms. The molecule has 2 aromatic carbocycles. The highest BCUT2D eigenvalue weighted by atomic mass is 35.5. The van der Waals surface area contributed by atoms with Crippen molar-refractivity contribution in [3.8, 4) is 0 Å². The standard InChI is InChI=1S/C15H14ClNO3/c16-14-12(9-18)7-4-8-13(14)17-15(19)20-10-11-5-2-1-3-6-11/h1-8,18H,9-10H2,(H,17,19). The molecule has 5 heteroatoms. The van der Waals surface area contributed by atoms with Crippen LogP contribution in [0.5, 0.6) is 0 Å². The Morgan fingerprint density at radius 2 is 1.90 bits per heavy atom. The second-order valence-electron chi connectivity index (χ2n) is 4.12. The minimum Gasteiger partial charge on any atom is -0.444 e. The topological polar surface area (TPSA) is 58.6 Å².